The zero-order valence-corrected chi connectivity index (χ0v) is 19.8. The van der Waals surface area contributed by atoms with Crippen molar-refractivity contribution >= 4 is 5.69 Å². The Balaban J connectivity index is 1.11. The molecule has 0 saturated carbocycles. The van der Waals surface area contributed by atoms with E-state index in [1.807, 2.05) is 36.4 Å². The molecule has 0 amide bonds. The smallest absolute Gasteiger partial charge is 0.165 e. The van der Waals surface area contributed by atoms with Gasteiger partial charge in [0.05, 0.1) is 0 Å². The van der Waals surface area contributed by atoms with Crippen LogP contribution in [0.2, 0.25) is 0 Å². The lowest BCUT2D eigenvalue weighted by molar-refractivity contribution is 0.0896. The highest BCUT2D eigenvalue weighted by molar-refractivity contribution is 5.49. The summed E-state index contributed by atoms with van der Waals surface area (Å²) in [5, 5.41) is 3.54. The molecule has 0 radical (unpaired) electrons. The molecule has 6 heteroatoms. The second kappa shape index (κ2) is 10.8. The lowest BCUT2D eigenvalue weighted by Crippen LogP contribution is -2.44. The molecule has 3 aromatic carbocycles. The normalized spacial score (nSPS) is 18.0. The van der Waals surface area contributed by atoms with Gasteiger partial charge in [-0.1, -0.05) is 42.5 Å². The van der Waals surface area contributed by atoms with Crippen LogP contribution in [-0.4, -0.2) is 57.4 Å². The first-order chi connectivity index (χ1) is 16.7. The van der Waals surface area contributed by atoms with Crippen LogP contribution in [0.15, 0.2) is 72.8 Å². The third-order valence-corrected chi connectivity index (χ3v) is 6.36. The SMILES string of the molecule is CN1CCN(c2cccc(CNCC3COc4ccc(OCc5ccccc5)cc4O3)c2)CC1. The highest BCUT2D eigenvalue weighted by Crippen LogP contribution is 2.35. The van der Waals surface area contributed by atoms with Gasteiger partial charge in [0.2, 0.25) is 0 Å². The fraction of sp³-hybridized carbons (Fsp3) is 0.357. The summed E-state index contributed by atoms with van der Waals surface area (Å²) in [6.07, 6.45) is -0.0438. The molecule has 1 N–H and O–H groups in total. The van der Waals surface area contributed by atoms with Gasteiger partial charge in [-0.25, -0.2) is 0 Å². The maximum atomic E-state index is 6.21. The van der Waals surface area contributed by atoms with Gasteiger partial charge in [0.15, 0.2) is 11.5 Å². The predicted octanol–water partition coefficient (Wildman–Crippen LogP) is 3.95. The Morgan fingerprint density at radius 2 is 1.71 bits per heavy atom. The molecule has 6 nitrogen and oxygen atoms in total. The Labute approximate surface area is 202 Å². The first kappa shape index (κ1) is 22.6. The molecule has 178 valence electrons. The average molecular weight is 460 g/mol. The summed E-state index contributed by atoms with van der Waals surface area (Å²) in [5.41, 5.74) is 3.72. The van der Waals surface area contributed by atoms with Crippen LogP contribution in [0.4, 0.5) is 5.69 Å². The van der Waals surface area contributed by atoms with E-state index in [-0.39, 0.29) is 6.10 Å². The van der Waals surface area contributed by atoms with Crippen molar-refractivity contribution in [2.24, 2.45) is 0 Å². The second-order valence-electron chi connectivity index (χ2n) is 9.02. The van der Waals surface area contributed by atoms with E-state index in [1.165, 1.54) is 11.3 Å². The Hall–Kier alpha value is -3.22. The Bertz CT molecular complexity index is 1070. The molecule has 2 aliphatic rings. The van der Waals surface area contributed by atoms with Crippen molar-refractivity contribution in [2.45, 2.75) is 19.3 Å². The first-order valence-corrected chi connectivity index (χ1v) is 12.1. The van der Waals surface area contributed by atoms with Crippen molar-refractivity contribution in [1.29, 1.82) is 0 Å². The van der Waals surface area contributed by atoms with Gasteiger partial charge in [0.25, 0.3) is 0 Å². The lowest BCUT2D eigenvalue weighted by atomic mass is 10.1. The molecular weight excluding hydrogens is 426 g/mol. The topological polar surface area (TPSA) is 46.2 Å². The minimum absolute atomic E-state index is 0.0438. The Morgan fingerprint density at radius 3 is 2.56 bits per heavy atom. The Kier molecular flexibility index (Phi) is 7.17. The number of nitrogens with zero attached hydrogens (tertiary/aromatic N) is 2. The van der Waals surface area contributed by atoms with Gasteiger partial charge < -0.3 is 29.3 Å². The van der Waals surface area contributed by atoms with E-state index in [0.29, 0.717) is 19.8 Å². The van der Waals surface area contributed by atoms with Gasteiger partial charge in [-0.2, -0.15) is 0 Å². The number of likely N-dealkylation sites (N-methyl/N-ethyl adjacent to an activating group) is 1. The van der Waals surface area contributed by atoms with E-state index >= 15 is 0 Å². The number of benzene rings is 3. The van der Waals surface area contributed by atoms with Crippen LogP contribution in [-0.2, 0) is 13.2 Å². The van der Waals surface area contributed by atoms with Gasteiger partial charge in [-0.15, -0.1) is 0 Å². The largest absolute Gasteiger partial charge is 0.489 e. The minimum atomic E-state index is -0.0438. The van der Waals surface area contributed by atoms with Crippen molar-refractivity contribution in [3.63, 3.8) is 0 Å². The van der Waals surface area contributed by atoms with Gasteiger partial charge in [-0.3, -0.25) is 0 Å². The molecule has 3 aromatic rings. The second-order valence-corrected chi connectivity index (χ2v) is 9.02. The number of fused-ring (bicyclic) bond motifs is 1. The van der Waals surface area contributed by atoms with Crippen molar-refractivity contribution in [1.82, 2.24) is 10.2 Å². The van der Waals surface area contributed by atoms with E-state index in [1.54, 1.807) is 0 Å². The summed E-state index contributed by atoms with van der Waals surface area (Å²) in [5.74, 6) is 2.28. The van der Waals surface area contributed by atoms with Crippen LogP contribution in [0, 0.1) is 0 Å². The molecule has 34 heavy (non-hydrogen) atoms. The molecule has 5 rings (SSSR count). The molecule has 1 saturated heterocycles. The number of nitrogens with one attached hydrogen (secondary N) is 1. The van der Waals surface area contributed by atoms with Crippen LogP contribution < -0.4 is 24.4 Å². The molecule has 0 aliphatic carbocycles. The summed E-state index contributed by atoms with van der Waals surface area (Å²) < 4.78 is 18.1. The number of ether oxygens (including phenoxy) is 3. The van der Waals surface area contributed by atoms with Gasteiger partial charge >= 0.3 is 0 Å². The molecule has 1 atom stereocenters. The molecule has 2 aliphatic heterocycles. The van der Waals surface area contributed by atoms with Crippen LogP contribution >= 0.6 is 0 Å². The van der Waals surface area contributed by atoms with Crippen molar-refractivity contribution in [2.75, 3.05) is 51.3 Å². The van der Waals surface area contributed by atoms with Crippen molar-refractivity contribution in [3.05, 3.63) is 83.9 Å². The molecule has 0 aromatic heterocycles. The predicted molar refractivity (Wildman–Crippen MR) is 135 cm³/mol. The number of rotatable bonds is 8. The minimum Gasteiger partial charge on any atom is -0.489 e. The summed E-state index contributed by atoms with van der Waals surface area (Å²) in [7, 11) is 2.19. The number of hydrogen-bond donors (Lipinski definition) is 1. The van der Waals surface area contributed by atoms with Crippen LogP contribution in [0.1, 0.15) is 11.1 Å². The summed E-state index contributed by atoms with van der Waals surface area (Å²) >= 11 is 0. The van der Waals surface area contributed by atoms with E-state index in [4.69, 9.17) is 14.2 Å². The van der Waals surface area contributed by atoms with Crippen LogP contribution in [0.5, 0.6) is 17.2 Å². The Morgan fingerprint density at radius 1 is 0.882 bits per heavy atom. The summed E-state index contributed by atoms with van der Waals surface area (Å²) in [4.78, 5) is 4.85. The molecule has 0 spiro atoms. The molecule has 0 bridgehead atoms. The van der Waals surface area contributed by atoms with E-state index in [9.17, 15) is 0 Å². The molecule has 1 fully saturated rings. The summed E-state index contributed by atoms with van der Waals surface area (Å²) in [6.45, 7) is 6.96. The van der Waals surface area contributed by atoms with E-state index in [0.717, 1.165) is 55.5 Å². The fourth-order valence-electron chi connectivity index (χ4n) is 4.33. The number of piperazine rings is 1. The third-order valence-electron chi connectivity index (χ3n) is 6.36. The first-order valence-electron chi connectivity index (χ1n) is 12.1. The zero-order chi connectivity index (χ0) is 23.2. The molecular formula is C28H33N3O3. The van der Waals surface area contributed by atoms with Gasteiger partial charge in [0.1, 0.15) is 25.1 Å². The summed E-state index contributed by atoms with van der Waals surface area (Å²) in [6, 6.07) is 24.8. The van der Waals surface area contributed by atoms with Gasteiger partial charge in [0, 0.05) is 51.0 Å². The van der Waals surface area contributed by atoms with Crippen molar-refractivity contribution in [3.8, 4) is 17.2 Å². The molecule has 1 unspecified atom stereocenters. The van der Waals surface area contributed by atoms with Crippen LogP contribution in [0.3, 0.4) is 0 Å². The zero-order valence-electron chi connectivity index (χ0n) is 19.8. The standard InChI is InChI=1S/C28H33N3O3/c1-30-12-14-31(15-13-30)24-9-5-8-23(16-24)18-29-19-26-21-33-27-11-10-25(17-28(27)34-26)32-20-22-6-3-2-4-7-22/h2-11,16-17,26,29H,12-15,18-21H2,1H3. The third kappa shape index (κ3) is 5.82. The highest BCUT2D eigenvalue weighted by Gasteiger charge is 2.21. The average Bonchev–Trinajstić information content (AvgIpc) is 2.88. The lowest BCUT2D eigenvalue weighted by Gasteiger charge is -2.34. The number of anilines is 1. The van der Waals surface area contributed by atoms with Gasteiger partial charge in [-0.05, 0) is 42.4 Å². The maximum absolute atomic E-state index is 6.21. The maximum Gasteiger partial charge on any atom is 0.165 e. The quantitative estimate of drug-likeness (QED) is 0.551. The van der Waals surface area contributed by atoms with Crippen LogP contribution in [0.25, 0.3) is 0 Å². The highest BCUT2D eigenvalue weighted by atomic mass is 16.6. The van der Waals surface area contributed by atoms with Crippen molar-refractivity contribution < 1.29 is 14.2 Å². The monoisotopic (exact) mass is 459 g/mol. The fourth-order valence-corrected chi connectivity index (χ4v) is 4.33. The number of hydrogen-bond acceptors (Lipinski definition) is 6. The van der Waals surface area contributed by atoms with E-state index < -0.39 is 0 Å². The van der Waals surface area contributed by atoms with E-state index in [2.05, 4.69) is 58.6 Å². The molecule has 2 heterocycles.